The molecule has 1 aliphatic rings. The van der Waals surface area contributed by atoms with Gasteiger partial charge >= 0.3 is 0 Å². The first-order chi connectivity index (χ1) is 10.2. The highest BCUT2D eigenvalue weighted by Gasteiger charge is 2.19. The number of ether oxygens (including phenoxy) is 3. The summed E-state index contributed by atoms with van der Waals surface area (Å²) in [5.74, 6) is 1.30. The molecule has 21 heavy (non-hydrogen) atoms. The maximum absolute atomic E-state index is 6.10. The monoisotopic (exact) mass is 349 g/mol. The Morgan fingerprint density at radius 2 is 2.29 bits per heavy atom. The van der Waals surface area contributed by atoms with E-state index in [1.807, 2.05) is 24.3 Å². The third kappa shape index (κ3) is 3.04. The maximum atomic E-state index is 6.10. The van der Waals surface area contributed by atoms with Crippen LogP contribution in [0.15, 0.2) is 35.3 Å². The minimum Gasteiger partial charge on any atom is -0.495 e. The molecule has 0 amide bonds. The zero-order valence-corrected chi connectivity index (χ0v) is 13.4. The van der Waals surface area contributed by atoms with Gasteiger partial charge in [0.25, 0.3) is 0 Å². The molecule has 1 aliphatic heterocycles. The molecule has 0 aliphatic carbocycles. The summed E-state index contributed by atoms with van der Waals surface area (Å²) in [5.41, 5.74) is 1.53. The van der Waals surface area contributed by atoms with E-state index in [-0.39, 0.29) is 6.10 Å². The van der Waals surface area contributed by atoms with Crippen LogP contribution in [0.4, 0.5) is 0 Å². The van der Waals surface area contributed by atoms with E-state index in [4.69, 9.17) is 14.2 Å². The summed E-state index contributed by atoms with van der Waals surface area (Å²) in [6.07, 6.45) is 0.983. The number of fused-ring (bicyclic) bond motifs is 1. The molecule has 1 atom stereocenters. The summed E-state index contributed by atoms with van der Waals surface area (Å²) in [6, 6.07) is 7.78. The lowest BCUT2D eigenvalue weighted by atomic mass is 10.1. The molecule has 1 fully saturated rings. The van der Waals surface area contributed by atoms with E-state index in [0.717, 1.165) is 34.2 Å². The van der Waals surface area contributed by atoms with E-state index >= 15 is 0 Å². The largest absolute Gasteiger partial charge is 0.495 e. The number of rotatable bonds is 4. The Bertz CT molecular complexity index is 681. The fourth-order valence-electron chi connectivity index (χ4n) is 2.30. The predicted molar refractivity (Wildman–Crippen MR) is 85.3 cm³/mol. The van der Waals surface area contributed by atoms with Gasteiger partial charge in [-0.25, -0.2) is 4.98 Å². The highest BCUT2D eigenvalue weighted by atomic mass is 79.9. The first-order valence-electron chi connectivity index (χ1n) is 6.75. The van der Waals surface area contributed by atoms with Crippen LogP contribution in [0.2, 0.25) is 0 Å². The lowest BCUT2D eigenvalue weighted by Gasteiger charge is -2.16. The zero-order chi connectivity index (χ0) is 14.8. The highest BCUT2D eigenvalue weighted by Crippen LogP contribution is 2.31. The van der Waals surface area contributed by atoms with Gasteiger partial charge in [-0.3, -0.25) is 0 Å². The van der Waals surface area contributed by atoms with E-state index in [1.165, 1.54) is 0 Å². The fraction of sp³-hybridized carbons (Fsp3) is 0.312. The van der Waals surface area contributed by atoms with Crippen molar-refractivity contribution in [2.24, 2.45) is 0 Å². The molecule has 3 rings (SSSR count). The van der Waals surface area contributed by atoms with E-state index < -0.39 is 0 Å². The van der Waals surface area contributed by atoms with Gasteiger partial charge in [0.15, 0.2) is 0 Å². The lowest BCUT2D eigenvalue weighted by molar-refractivity contribution is 0.142. The topological polar surface area (TPSA) is 40.6 Å². The molecule has 2 aromatic rings. The molecule has 2 heterocycles. The maximum Gasteiger partial charge on any atom is 0.137 e. The fourth-order valence-corrected chi connectivity index (χ4v) is 2.66. The Kier molecular flexibility index (Phi) is 4.12. The Balaban J connectivity index is 2.08. The van der Waals surface area contributed by atoms with Crippen molar-refractivity contribution >= 4 is 32.6 Å². The Morgan fingerprint density at radius 3 is 3.00 bits per heavy atom. The van der Waals surface area contributed by atoms with Gasteiger partial charge in [-0.1, -0.05) is 22.5 Å². The Hall–Kier alpha value is -1.59. The molecule has 4 nitrogen and oxygen atoms in total. The predicted octanol–water partition coefficient (Wildman–Crippen LogP) is 3.78. The van der Waals surface area contributed by atoms with Gasteiger partial charge in [-0.15, -0.1) is 0 Å². The van der Waals surface area contributed by atoms with Crippen LogP contribution in [0.25, 0.3) is 16.7 Å². The number of halogens is 1. The molecule has 0 radical (unpaired) electrons. The van der Waals surface area contributed by atoms with Crippen molar-refractivity contribution in [1.29, 1.82) is 0 Å². The van der Waals surface area contributed by atoms with Crippen molar-refractivity contribution in [3.63, 3.8) is 0 Å². The summed E-state index contributed by atoms with van der Waals surface area (Å²) in [7, 11) is 1.58. The third-order valence-electron chi connectivity index (χ3n) is 3.45. The first-order valence-corrected chi connectivity index (χ1v) is 7.54. The average Bonchev–Trinajstić information content (AvgIpc) is 2.99. The van der Waals surface area contributed by atoms with Crippen molar-refractivity contribution in [2.75, 3.05) is 20.3 Å². The van der Waals surface area contributed by atoms with Crippen LogP contribution in [0.3, 0.4) is 0 Å². The van der Waals surface area contributed by atoms with Crippen molar-refractivity contribution in [3.8, 4) is 5.75 Å². The second-order valence-corrected chi connectivity index (χ2v) is 5.81. The summed E-state index contributed by atoms with van der Waals surface area (Å²) in [6.45, 7) is 5.23. The van der Waals surface area contributed by atoms with E-state index in [2.05, 4.69) is 27.5 Å². The lowest BCUT2D eigenvalue weighted by Crippen LogP contribution is -2.16. The Morgan fingerprint density at radius 1 is 1.43 bits per heavy atom. The quantitative estimate of drug-likeness (QED) is 0.787. The van der Waals surface area contributed by atoms with Crippen molar-refractivity contribution in [2.45, 2.75) is 12.5 Å². The second kappa shape index (κ2) is 6.03. The van der Waals surface area contributed by atoms with Crippen molar-refractivity contribution < 1.29 is 14.2 Å². The Labute approximate surface area is 131 Å². The molecule has 5 heteroatoms. The first kappa shape index (κ1) is 14.4. The molecule has 0 bridgehead atoms. The van der Waals surface area contributed by atoms with Gasteiger partial charge in [0, 0.05) is 22.3 Å². The molecular weight excluding hydrogens is 334 g/mol. The summed E-state index contributed by atoms with van der Waals surface area (Å²) < 4.78 is 17.6. The van der Waals surface area contributed by atoms with Crippen LogP contribution in [-0.2, 0) is 9.47 Å². The summed E-state index contributed by atoms with van der Waals surface area (Å²) in [5, 5.41) is 0.962. The second-order valence-electron chi connectivity index (χ2n) is 4.90. The van der Waals surface area contributed by atoms with Crippen LogP contribution < -0.4 is 4.74 Å². The number of pyridine rings is 1. The van der Waals surface area contributed by atoms with Crippen LogP contribution in [0, 0.1) is 0 Å². The molecule has 1 saturated heterocycles. The number of methoxy groups -OCH3 is 1. The van der Waals surface area contributed by atoms with E-state index in [1.54, 1.807) is 7.11 Å². The van der Waals surface area contributed by atoms with Crippen molar-refractivity contribution in [3.05, 3.63) is 41.0 Å². The molecule has 110 valence electrons. The molecular formula is C16H16BrNO3. The molecule has 1 aromatic carbocycles. The zero-order valence-electron chi connectivity index (χ0n) is 11.8. The smallest absolute Gasteiger partial charge is 0.137 e. The van der Waals surface area contributed by atoms with E-state index in [0.29, 0.717) is 18.1 Å². The summed E-state index contributed by atoms with van der Waals surface area (Å²) >= 11 is 3.49. The number of hydrogen-bond donors (Lipinski definition) is 0. The average molecular weight is 350 g/mol. The van der Waals surface area contributed by atoms with Gasteiger partial charge < -0.3 is 14.2 Å². The number of benzene rings is 1. The molecule has 0 unspecified atom stereocenters. The normalized spacial score (nSPS) is 17.9. The van der Waals surface area contributed by atoms with Crippen LogP contribution in [0.1, 0.15) is 12.1 Å². The van der Waals surface area contributed by atoms with Crippen molar-refractivity contribution in [1.82, 2.24) is 4.98 Å². The standard InChI is InChI=1S/C16H16BrNO3/c1-10(19-2)15-8-16(21-12-5-6-20-9-12)13-7-11(17)3-4-14(13)18-15/h3-4,7-8,12H,1,5-6,9H2,2H3/t12-/m0/s1. The van der Waals surface area contributed by atoms with Crippen LogP contribution in [-0.4, -0.2) is 31.4 Å². The summed E-state index contributed by atoms with van der Waals surface area (Å²) in [4.78, 5) is 4.57. The molecule has 1 aromatic heterocycles. The van der Waals surface area contributed by atoms with Crippen LogP contribution >= 0.6 is 15.9 Å². The van der Waals surface area contributed by atoms with Gasteiger partial charge in [0.1, 0.15) is 23.3 Å². The van der Waals surface area contributed by atoms with Gasteiger partial charge in [0.05, 0.1) is 25.8 Å². The minimum absolute atomic E-state index is 0.0817. The molecule has 0 spiro atoms. The highest BCUT2D eigenvalue weighted by molar-refractivity contribution is 9.10. The van der Waals surface area contributed by atoms with Gasteiger partial charge in [-0.2, -0.15) is 0 Å². The van der Waals surface area contributed by atoms with Gasteiger partial charge in [0.2, 0.25) is 0 Å². The van der Waals surface area contributed by atoms with E-state index in [9.17, 15) is 0 Å². The molecule has 0 saturated carbocycles. The SMILES string of the molecule is C=C(OC)c1cc(O[C@H]2CCOC2)c2cc(Br)ccc2n1. The number of hydrogen-bond acceptors (Lipinski definition) is 4. The third-order valence-corrected chi connectivity index (χ3v) is 3.94. The van der Waals surface area contributed by atoms with Crippen LogP contribution in [0.5, 0.6) is 5.75 Å². The molecule has 0 N–H and O–H groups in total. The minimum atomic E-state index is 0.0817. The number of nitrogens with zero attached hydrogens (tertiary/aromatic N) is 1. The van der Waals surface area contributed by atoms with Gasteiger partial charge in [-0.05, 0) is 18.2 Å². The number of aromatic nitrogens is 1.